The monoisotopic (exact) mass is 197 g/mol. The third-order valence-corrected chi connectivity index (χ3v) is 3.60. The highest BCUT2D eigenvalue weighted by Crippen LogP contribution is 2.25. The molecule has 13 heavy (non-hydrogen) atoms. The van der Waals surface area contributed by atoms with Crippen LogP contribution in [0.4, 0.5) is 0 Å². The van der Waals surface area contributed by atoms with Gasteiger partial charge in [0.05, 0.1) is 0 Å². The van der Waals surface area contributed by atoms with Gasteiger partial charge in [0.1, 0.15) is 0 Å². The molecule has 0 aliphatic heterocycles. The Bertz CT molecular complexity index is 163. The Balaban J connectivity index is 2.21. The molecule has 76 valence electrons. The van der Waals surface area contributed by atoms with Crippen LogP contribution in [-0.4, -0.2) is 14.5 Å². The van der Waals surface area contributed by atoms with Gasteiger partial charge in [0, 0.05) is 0 Å². The molecule has 1 aliphatic rings. The van der Waals surface area contributed by atoms with Crippen molar-refractivity contribution in [1.82, 2.24) is 0 Å². The lowest BCUT2D eigenvalue weighted by Gasteiger charge is -2.20. The van der Waals surface area contributed by atoms with Gasteiger partial charge in [-0.1, -0.05) is 32.1 Å². The Morgan fingerprint density at radius 1 is 1.15 bits per heavy atom. The van der Waals surface area contributed by atoms with E-state index in [0.717, 1.165) is 5.92 Å². The molecule has 0 heterocycles. The Hall–Kier alpha value is -0.113. The summed E-state index contributed by atoms with van der Waals surface area (Å²) in [6.45, 7) is 6.89. The molecule has 0 aromatic rings. The number of hydrogen-bond acceptors (Lipinski definition) is 1. The molecule has 1 nitrogen and oxygen atoms in total. The topological polar surface area (TPSA) is 12.4 Å². The summed E-state index contributed by atoms with van der Waals surface area (Å²) in [5.41, 5.74) is 0. The van der Waals surface area contributed by atoms with Gasteiger partial charge in [-0.2, -0.15) is 0 Å². The van der Waals surface area contributed by atoms with Crippen LogP contribution in [0.25, 0.3) is 0 Å². The second-order valence-corrected chi connectivity index (χ2v) is 9.82. The highest BCUT2D eigenvalue weighted by molar-refractivity contribution is 6.75. The largest absolute Gasteiger partial charge is 0.334 e. The average molecular weight is 197 g/mol. The minimum atomic E-state index is -1.17. The van der Waals surface area contributed by atoms with E-state index in [1.54, 1.807) is 0 Å². The molecule has 1 fully saturated rings. The van der Waals surface area contributed by atoms with Crippen LogP contribution in [0.2, 0.25) is 19.6 Å². The van der Waals surface area contributed by atoms with Gasteiger partial charge in [-0.05, 0) is 38.2 Å². The molecule has 0 amide bonds. The molecule has 1 rings (SSSR count). The van der Waals surface area contributed by atoms with E-state index >= 15 is 0 Å². The molecule has 0 N–H and O–H groups in total. The number of rotatable bonds is 3. The van der Waals surface area contributed by atoms with Gasteiger partial charge in [-0.15, -0.1) is 0 Å². The van der Waals surface area contributed by atoms with E-state index in [-0.39, 0.29) is 0 Å². The summed E-state index contributed by atoms with van der Waals surface area (Å²) in [7, 11) is -1.17. The summed E-state index contributed by atoms with van der Waals surface area (Å²) >= 11 is 0. The summed E-state index contributed by atoms with van der Waals surface area (Å²) in [6, 6.07) is 0. The summed E-state index contributed by atoms with van der Waals surface area (Å²) in [5.74, 6) is 0.953. The van der Waals surface area contributed by atoms with Crippen LogP contribution >= 0.6 is 0 Å². The molecular formula is C11H23NSi. The van der Waals surface area contributed by atoms with E-state index < -0.39 is 8.24 Å². The SMILES string of the molecule is C[Si](C)(C)N=CCC1CCCCC1. The molecular weight excluding hydrogens is 174 g/mol. The molecule has 0 saturated heterocycles. The van der Waals surface area contributed by atoms with Crippen molar-refractivity contribution in [2.24, 2.45) is 10.6 Å². The normalized spacial score (nSPS) is 21.2. The fourth-order valence-corrected chi connectivity index (χ4v) is 2.55. The van der Waals surface area contributed by atoms with Crippen LogP contribution < -0.4 is 0 Å². The third kappa shape index (κ3) is 5.24. The fraction of sp³-hybridized carbons (Fsp3) is 0.909. The molecule has 0 bridgehead atoms. The smallest absolute Gasteiger partial charge is 0.171 e. The zero-order valence-corrected chi connectivity index (χ0v) is 10.3. The van der Waals surface area contributed by atoms with Crippen molar-refractivity contribution in [3.05, 3.63) is 0 Å². The van der Waals surface area contributed by atoms with E-state index in [2.05, 4.69) is 30.5 Å². The Morgan fingerprint density at radius 3 is 2.31 bits per heavy atom. The fourth-order valence-electron chi connectivity index (χ4n) is 1.90. The lowest BCUT2D eigenvalue weighted by molar-refractivity contribution is 0.370. The van der Waals surface area contributed by atoms with Gasteiger partial charge in [-0.25, -0.2) is 0 Å². The highest BCUT2D eigenvalue weighted by Gasteiger charge is 2.13. The predicted octanol–water partition coefficient (Wildman–Crippen LogP) is 3.86. The second kappa shape index (κ2) is 4.94. The first-order valence-electron chi connectivity index (χ1n) is 5.61. The predicted molar refractivity (Wildman–Crippen MR) is 63.0 cm³/mol. The lowest BCUT2D eigenvalue weighted by atomic mass is 9.87. The van der Waals surface area contributed by atoms with E-state index in [1.807, 2.05) is 0 Å². The summed E-state index contributed by atoms with van der Waals surface area (Å²) in [5, 5.41) is 0. The Morgan fingerprint density at radius 2 is 1.77 bits per heavy atom. The van der Waals surface area contributed by atoms with Crippen LogP contribution in [-0.2, 0) is 0 Å². The molecule has 0 aromatic heterocycles. The average Bonchev–Trinajstić information content (AvgIpc) is 2.04. The van der Waals surface area contributed by atoms with Crippen molar-refractivity contribution < 1.29 is 0 Å². The molecule has 0 atom stereocenters. The Kier molecular flexibility index (Phi) is 4.17. The molecule has 1 aliphatic carbocycles. The molecule has 2 heteroatoms. The van der Waals surface area contributed by atoms with Gasteiger partial charge in [0.15, 0.2) is 8.24 Å². The van der Waals surface area contributed by atoms with Gasteiger partial charge in [0.2, 0.25) is 0 Å². The molecule has 0 unspecified atom stereocenters. The summed E-state index contributed by atoms with van der Waals surface area (Å²) in [4.78, 5) is 0. The van der Waals surface area contributed by atoms with E-state index in [4.69, 9.17) is 0 Å². The zero-order valence-electron chi connectivity index (χ0n) is 9.34. The first kappa shape index (κ1) is 11.0. The maximum absolute atomic E-state index is 4.66. The van der Waals surface area contributed by atoms with Crippen LogP contribution in [0, 0.1) is 5.92 Å². The minimum absolute atomic E-state index is 0.953. The summed E-state index contributed by atoms with van der Waals surface area (Å²) < 4.78 is 4.66. The number of nitrogens with zero attached hydrogens (tertiary/aromatic N) is 1. The molecule has 0 aromatic carbocycles. The quantitative estimate of drug-likeness (QED) is 0.481. The molecule has 1 saturated carbocycles. The van der Waals surface area contributed by atoms with E-state index in [0.29, 0.717) is 0 Å². The standard InChI is InChI=1S/C11H23NSi/c1-13(2,3)12-10-9-11-7-5-4-6-8-11/h10-11H,4-9H2,1-3H3. The van der Waals surface area contributed by atoms with Gasteiger partial charge in [0.25, 0.3) is 0 Å². The summed E-state index contributed by atoms with van der Waals surface area (Å²) in [6.07, 6.45) is 10.7. The lowest BCUT2D eigenvalue weighted by Crippen LogP contribution is -2.17. The first-order chi connectivity index (χ1) is 6.08. The van der Waals surface area contributed by atoms with Crippen molar-refractivity contribution in [1.29, 1.82) is 0 Å². The van der Waals surface area contributed by atoms with Crippen LogP contribution in [0.1, 0.15) is 38.5 Å². The van der Waals surface area contributed by atoms with E-state index in [1.165, 1.54) is 38.5 Å². The van der Waals surface area contributed by atoms with Crippen molar-refractivity contribution in [3.8, 4) is 0 Å². The van der Waals surface area contributed by atoms with Crippen LogP contribution in [0.15, 0.2) is 4.66 Å². The maximum atomic E-state index is 4.66. The maximum Gasteiger partial charge on any atom is 0.171 e. The van der Waals surface area contributed by atoms with Crippen molar-refractivity contribution >= 4 is 14.5 Å². The van der Waals surface area contributed by atoms with Crippen LogP contribution in [0.5, 0.6) is 0 Å². The molecule has 0 spiro atoms. The van der Waals surface area contributed by atoms with Gasteiger partial charge < -0.3 is 4.66 Å². The third-order valence-electron chi connectivity index (χ3n) is 2.64. The van der Waals surface area contributed by atoms with Crippen molar-refractivity contribution in [3.63, 3.8) is 0 Å². The highest BCUT2D eigenvalue weighted by atomic mass is 28.3. The first-order valence-corrected chi connectivity index (χ1v) is 9.06. The number of hydrogen-bond donors (Lipinski definition) is 0. The second-order valence-electron chi connectivity index (χ2n) is 5.22. The Labute approximate surface area is 83.7 Å². The van der Waals surface area contributed by atoms with E-state index in [9.17, 15) is 0 Å². The van der Waals surface area contributed by atoms with Crippen molar-refractivity contribution in [2.75, 3.05) is 0 Å². The molecule has 0 radical (unpaired) electrons. The van der Waals surface area contributed by atoms with Gasteiger partial charge >= 0.3 is 0 Å². The van der Waals surface area contributed by atoms with Gasteiger partial charge in [-0.3, -0.25) is 0 Å². The zero-order chi connectivity index (χ0) is 9.73. The van der Waals surface area contributed by atoms with Crippen molar-refractivity contribution in [2.45, 2.75) is 58.2 Å². The minimum Gasteiger partial charge on any atom is -0.334 e. The van der Waals surface area contributed by atoms with Crippen LogP contribution in [0.3, 0.4) is 0 Å².